The second kappa shape index (κ2) is 4.20. The van der Waals surface area contributed by atoms with E-state index in [1.165, 1.54) is 23.1 Å². The van der Waals surface area contributed by atoms with Gasteiger partial charge in [0.25, 0.3) is 0 Å². The molecule has 0 radical (unpaired) electrons. The van der Waals surface area contributed by atoms with Crippen LogP contribution in [0.25, 0.3) is 10.4 Å². The number of hydrogen-bond donors (Lipinski definition) is 1. The number of nitrogen functional groups attached to an aromatic ring is 1. The molecule has 1 heterocycles. The normalized spacial score (nSPS) is 10.5. The molecule has 2 rings (SSSR count). The first-order chi connectivity index (χ1) is 7.22. The van der Waals surface area contributed by atoms with Gasteiger partial charge >= 0.3 is 0 Å². The molecule has 2 N–H and O–H groups in total. The number of aromatic nitrogens is 1. The predicted octanol–water partition coefficient (Wildman–Crippen LogP) is 3.25. The Labute approximate surface area is 95.3 Å². The summed E-state index contributed by atoms with van der Waals surface area (Å²) in [6.45, 7) is 0. The van der Waals surface area contributed by atoms with E-state index in [-0.39, 0.29) is 5.82 Å². The third-order valence-corrected chi connectivity index (χ3v) is 3.59. The number of nitrogens with zero attached hydrogens (tertiary/aromatic N) is 1. The number of hydrogen-bond acceptors (Lipinski definition) is 4. The van der Waals surface area contributed by atoms with E-state index in [1.54, 1.807) is 18.3 Å². The maximum absolute atomic E-state index is 13.9. The van der Waals surface area contributed by atoms with Crippen LogP contribution in [0.15, 0.2) is 29.3 Å². The van der Waals surface area contributed by atoms with E-state index >= 15 is 0 Å². The van der Waals surface area contributed by atoms with Gasteiger partial charge in [-0.25, -0.2) is 9.37 Å². The van der Waals surface area contributed by atoms with Crippen molar-refractivity contribution in [3.8, 4) is 10.4 Å². The molecule has 1 aromatic heterocycles. The van der Waals surface area contributed by atoms with Crippen LogP contribution in [0.1, 0.15) is 0 Å². The van der Waals surface area contributed by atoms with Crippen LogP contribution in [0, 0.1) is 5.82 Å². The molecule has 2 nitrogen and oxygen atoms in total. The fraction of sp³-hybridized carbons (Fsp3) is 0.100. The van der Waals surface area contributed by atoms with Crippen LogP contribution in [0.2, 0.25) is 0 Å². The van der Waals surface area contributed by atoms with E-state index < -0.39 is 0 Å². The third-order valence-electron chi connectivity index (χ3n) is 1.97. The van der Waals surface area contributed by atoms with E-state index in [0.29, 0.717) is 15.6 Å². The maximum Gasteiger partial charge on any atom is 0.180 e. The molecule has 2 aromatic rings. The molecule has 0 unspecified atom stereocenters. The summed E-state index contributed by atoms with van der Waals surface area (Å²) in [5.41, 5.74) is 6.08. The molecule has 0 aliphatic carbocycles. The highest BCUT2D eigenvalue weighted by Gasteiger charge is 2.11. The Morgan fingerprint density at radius 3 is 2.87 bits per heavy atom. The highest BCUT2D eigenvalue weighted by Crippen LogP contribution is 2.33. The molecular formula is C10H9FN2S2. The summed E-state index contributed by atoms with van der Waals surface area (Å²) in [6, 6.07) is 5.33. The lowest BCUT2D eigenvalue weighted by Gasteiger charge is -2.03. The van der Waals surface area contributed by atoms with Crippen molar-refractivity contribution in [3.05, 3.63) is 30.2 Å². The van der Waals surface area contributed by atoms with E-state index in [0.717, 1.165) is 4.88 Å². The van der Waals surface area contributed by atoms with Gasteiger partial charge in [-0.15, -0.1) is 11.8 Å². The van der Waals surface area contributed by atoms with Crippen LogP contribution >= 0.6 is 23.1 Å². The molecule has 0 aliphatic heterocycles. The van der Waals surface area contributed by atoms with E-state index in [9.17, 15) is 4.39 Å². The molecule has 0 saturated heterocycles. The zero-order valence-corrected chi connectivity index (χ0v) is 9.66. The Balaban J connectivity index is 2.53. The van der Waals surface area contributed by atoms with Crippen molar-refractivity contribution >= 4 is 28.2 Å². The predicted molar refractivity (Wildman–Crippen MR) is 63.7 cm³/mol. The minimum Gasteiger partial charge on any atom is -0.375 e. The van der Waals surface area contributed by atoms with Crippen molar-refractivity contribution in [2.75, 3.05) is 12.0 Å². The van der Waals surface area contributed by atoms with Gasteiger partial charge in [0.1, 0.15) is 5.82 Å². The molecular weight excluding hydrogens is 231 g/mol. The molecule has 0 amide bonds. The Bertz CT molecular complexity index is 482. The summed E-state index contributed by atoms with van der Waals surface area (Å²) in [7, 11) is 0. The molecule has 0 aliphatic rings. The monoisotopic (exact) mass is 240 g/mol. The molecule has 0 bridgehead atoms. The number of thiazole rings is 1. The average Bonchev–Trinajstić information content (AvgIpc) is 2.65. The first-order valence-electron chi connectivity index (χ1n) is 4.26. The summed E-state index contributed by atoms with van der Waals surface area (Å²) < 4.78 is 13.9. The summed E-state index contributed by atoms with van der Waals surface area (Å²) >= 11 is 2.68. The van der Waals surface area contributed by atoms with Crippen molar-refractivity contribution in [1.29, 1.82) is 0 Å². The lowest BCUT2D eigenvalue weighted by molar-refractivity contribution is 0.606. The maximum atomic E-state index is 13.9. The number of rotatable bonds is 2. The van der Waals surface area contributed by atoms with Gasteiger partial charge in [-0.05, 0) is 12.3 Å². The van der Waals surface area contributed by atoms with Gasteiger partial charge in [0, 0.05) is 16.7 Å². The van der Waals surface area contributed by atoms with Crippen molar-refractivity contribution in [2.24, 2.45) is 0 Å². The van der Waals surface area contributed by atoms with E-state index in [1.807, 2.05) is 12.3 Å². The lowest BCUT2D eigenvalue weighted by Crippen LogP contribution is -1.84. The Kier molecular flexibility index (Phi) is 2.93. The van der Waals surface area contributed by atoms with Crippen molar-refractivity contribution in [2.45, 2.75) is 4.90 Å². The fourth-order valence-corrected chi connectivity index (χ4v) is 2.48. The smallest absolute Gasteiger partial charge is 0.180 e. The summed E-state index contributed by atoms with van der Waals surface area (Å²) in [4.78, 5) is 5.32. The Morgan fingerprint density at radius 2 is 2.27 bits per heavy atom. The quantitative estimate of drug-likeness (QED) is 0.819. The second-order valence-electron chi connectivity index (χ2n) is 2.88. The second-order valence-corrected chi connectivity index (χ2v) is 4.79. The van der Waals surface area contributed by atoms with Crippen LogP contribution in [-0.4, -0.2) is 11.2 Å². The van der Waals surface area contributed by atoms with Crippen molar-refractivity contribution in [1.82, 2.24) is 4.98 Å². The Hall–Kier alpha value is -1.07. The minimum absolute atomic E-state index is 0.200. The number of nitrogens with two attached hydrogens (primary N) is 1. The topological polar surface area (TPSA) is 38.9 Å². The standard InChI is InChI=1S/C10H9FN2S2/c1-14-7-4-2-3-6(9(7)11)8-5-13-10(12)15-8/h2-5H,1H3,(H2,12,13). The fourth-order valence-electron chi connectivity index (χ4n) is 1.27. The molecule has 15 heavy (non-hydrogen) atoms. The molecule has 0 atom stereocenters. The van der Waals surface area contributed by atoms with E-state index in [2.05, 4.69) is 4.98 Å². The van der Waals surface area contributed by atoms with Crippen LogP contribution in [0.4, 0.5) is 9.52 Å². The van der Waals surface area contributed by atoms with Gasteiger partial charge in [0.05, 0.1) is 4.88 Å². The van der Waals surface area contributed by atoms with Gasteiger partial charge in [-0.2, -0.15) is 0 Å². The molecule has 0 fully saturated rings. The van der Waals surface area contributed by atoms with Crippen LogP contribution in [0.5, 0.6) is 0 Å². The zero-order valence-electron chi connectivity index (χ0n) is 8.03. The first-order valence-corrected chi connectivity index (χ1v) is 6.30. The van der Waals surface area contributed by atoms with Crippen LogP contribution in [0.3, 0.4) is 0 Å². The SMILES string of the molecule is CSc1cccc(-c2cnc(N)s2)c1F. The van der Waals surface area contributed by atoms with Gasteiger partial charge in [0.2, 0.25) is 0 Å². The number of halogens is 1. The van der Waals surface area contributed by atoms with Crippen molar-refractivity contribution < 1.29 is 4.39 Å². The number of benzene rings is 1. The number of thioether (sulfide) groups is 1. The molecule has 0 saturated carbocycles. The summed E-state index contributed by atoms with van der Waals surface area (Å²) in [5, 5.41) is 0.457. The summed E-state index contributed by atoms with van der Waals surface area (Å²) in [6.07, 6.45) is 3.45. The highest BCUT2D eigenvalue weighted by atomic mass is 32.2. The minimum atomic E-state index is -0.200. The lowest BCUT2D eigenvalue weighted by atomic mass is 10.2. The molecule has 5 heteroatoms. The highest BCUT2D eigenvalue weighted by molar-refractivity contribution is 7.98. The molecule has 78 valence electrons. The summed E-state index contributed by atoms with van der Waals surface area (Å²) in [5.74, 6) is -0.200. The van der Waals surface area contributed by atoms with Crippen LogP contribution < -0.4 is 5.73 Å². The average molecular weight is 240 g/mol. The van der Waals surface area contributed by atoms with Gasteiger partial charge in [-0.1, -0.05) is 23.5 Å². The van der Waals surface area contributed by atoms with Gasteiger partial charge in [0.15, 0.2) is 5.13 Å². The number of anilines is 1. The van der Waals surface area contributed by atoms with Gasteiger partial charge in [-0.3, -0.25) is 0 Å². The molecule has 0 spiro atoms. The van der Waals surface area contributed by atoms with Crippen LogP contribution in [-0.2, 0) is 0 Å². The van der Waals surface area contributed by atoms with Crippen molar-refractivity contribution in [3.63, 3.8) is 0 Å². The van der Waals surface area contributed by atoms with Gasteiger partial charge < -0.3 is 5.73 Å². The third kappa shape index (κ3) is 1.98. The van der Waals surface area contributed by atoms with E-state index in [4.69, 9.17) is 5.73 Å². The Morgan fingerprint density at radius 1 is 1.47 bits per heavy atom. The molecule has 1 aromatic carbocycles. The first kappa shape index (κ1) is 10.4. The zero-order chi connectivity index (χ0) is 10.8. The largest absolute Gasteiger partial charge is 0.375 e.